The summed E-state index contributed by atoms with van der Waals surface area (Å²) in [5.74, 6) is -0.0315. The minimum atomic E-state index is -0.834. The lowest BCUT2D eigenvalue weighted by atomic mass is 10.1. The Morgan fingerprint density at radius 3 is 2.79 bits per heavy atom. The molecule has 2 heterocycles. The Morgan fingerprint density at radius 1 is 1.29 bits per heavy atom. The average Bonchev–Trinajstić information content (AvgIpc) is 3.11. The molecule has 0 radical (unpaired) electrons. The first kappa shape index (κ1) is 17.7. The second-order valence-corrected chi connectivity index (χ2v) is 6.35. The number of nitrogens with one attached hydrogen (secondary N) is 2. The fourth-order valence-electron chi connectivity index (χ4n) is 3.15. The van der Waals surface area contributed by atoms with Crippen molar-refractivity contribution in [3.8, 4) is 16.9 Å². The number of amides is 2. The number of halogens is 1. The van der Waals surface area contributed by atoms with Crippen molar-refractivity contribution >= 4 is 23.3 Å². The number of anilines is 2. The van der Waals surface area contributed by atoms with E-state index in [1.807, 2.05) is 12.1 Å². The number of rotatable bonds is 4. The SMILES string of the molecule is COc1ccc(-c2cnn3c2NC(=O)C[C@H]3C(=O)Nc2cccc(F)c2)cc1. The van der Waals surface area contributed by atoms with Crippen LogP contribution in [0.4, 0.5) is 15.9 Å². The summed E-state index contributed by atoms with van der Waals surface area (Å²) >= 11 is 0. The molecule has 0 aliphatic carbocycles. The van der Waals surface area contributed by atoms with Crippen LogP contribution in [0, 0.1) is 5.82 Å². The highest BCUT2D eigenvalue weighted by molar-refractivity contribution is 6.03. The summed E-state index contributed by atoms with van der Waals surface area (Å²) in [7, 11) is 1.58. The summed E-state index contributed by atoms with van der Waals surface area (Å²) in [5, 5.41) is 9.73. The first-order valence-electron chi connectivity index (χ1n) is 8.63. The Labute approximate surface area is 160 Å². The highest BCUT2D eigenvalue weighted by atomic mass is 19.1. The molecule has 0 fully saturated rings. The normalized spacial score (nSPS) is 15.5. The van der Waals surface area contributed by atoms with Crippen LogP contribution in [0.25, 0.3) is 11.1 Å². The number of fused-ring (bicyclic) bond motifs is 1. The van der Waals surface area contributed by atoms with Gasteiger partial charge in [0, 0.05) is 11.3 Å². The maximum absolute atomic E-state index is 13.4. The molecule has 0 spiro atoms. The van der Waals surface area contributed by atoms with Gasteiger partial charge in [0.2, 0.25) is 11.8 Å². The Kier molecular flexibility index (Phi) is 4.52. The van der Waals surface area contributed by atoms with Crippen molar-refractivity contribution in [1.29, 1.82) is 0 Å². The molecule has 0 bridgehead atoms. The molecule has 28 heavy (non-hydrogen) atoms. The van der Waals surface area contributed by atoms with Gasteiger partial charge in [-0.05, 0) is 35.9 Å². The minimum absolute atomic E-state index is 0.0577. The van der Waals surface area contributed by atoms with E-state index in [2.05, 4.69) is 15.7 Å². The van der Waals surface area contributed by atoms with E-state index in [0.717, 1.165) is 5.56 Å². The van der Waals surface area contributed by atoms with Gasteiger partial charge in [0.1, 0.15) is 23.4 Å². The third kappa shape index (κ3) is 3.32. The minimum Gasteiger partial charge on any atom is -0.497 e. The number of hydrogen-bond donors (Lipinski definition) is 2. The molecule has 2 amide bonds. The topological polar surface area (TPSA) is 85.2 Å². The molecule has 0 saturated carbocycles. The third-order valence-electron chi connectivity index (χ3n) is 4.52. The van der Waals surface area contributed by atoms with Crippen molar-refractivity contribution < 1.29 is 18.7 Å². The van der Waals surface area contributed by atoms with Crippen molar-refractivity contribution in [2.75, 3.05) is 17.7 Å². The molecule has 142 valence electrons. The summed E-state index contributed by atoms with van der Waals surface area (Å²) in [6.45, 7) is 0. The monoisotopic (exact) mass is 380 g/mol. The maximum atomic E-state index is 13.4. The van der Waals surface area contributed by atoms with Gasteiger partial charge in [0.05, 0.1) is 19.7 Å². The van der Waals surface area contributed by atoms with Gasteiger partial charge >= 0.3 is 0 Å². The predicted octanol–water partition coefficient (Wildman–Crippen LogP) is 3.22. The lowest BCUT2D eigenvalue weighted by Crippen LogP contribution is -2.35. The number of methoxy groups -OCH3 is 1. The summed E-state index contributed by atoms with van der Waals surface area (Å²) in [6, 6.07) is 12.0. The van der Waals surface area contributed by atoms with E-state index < -0.39 is 17.8 Å². The molecule has 1 atom stereocenters. The second-order valence-electron chi connectivity index (χ2n) is 6.35. The fraction of sp³-hybridized carbons (Fsp3) is 0.150. The van der Waals surface area contributed by atoms with Crippen molar-refractivity contribution in [3.05, 3.63) is 60.5 Å². The van der Waals surface area contributed by atoms with Gasteiger partial charge in [-0.1, -0.05) is 18.2 Å². The number of carbonyl (C=O) groups is 2. The Bertz CT molecular complexity index is 1050. The molecule has 4 rings (SSSR count). The van der Waals surface area contributed by atoms with Crippen molar-refractivity contribution in [2.24, 2.45) is 0 Å². The number of nitrogens with zero attached hydrogens (tertiary/aromatic N) is 2. The van der Waals surface area contributed by atoms with Crippen molar-refractivity contribution in [3.63, 3.8) is 0 Å². The van der Waals surface area contributed by atoms with E-state index >= 15 is 0 Å². The lowest BCUT2D eigenvalue weighted by molar-refractivity contribution is -0.125. The van der Waals surface area contributed by atoms with Crippen LogP contribution in [0.3, 0.4) is 0 Å². The van der Waals surface area contributed by atoms with Crippen LogP contribution in [0.15, 0.2) is 54.7 Å². The highest BCUT2D eigenvalue weighted by Crippen LogP contribution is 2.35. The molecule has 1 aromatic heterocycles. The molecule has 3 aromatic rings. The number of hydrogen-bond acceptors (Lipinski definition) is 4. The molecule has 0 unspecified atom stereocenters. The van der Waals surface area contributed by atoms with Crippen LogP contribution in [-0.4, -0.2) is 28.7 Å². The van der Waals surface area contributed by atoms with Gasteiger partial charge < -0.3 is 15.4 Å². The number of aromatic nitrogens is 2. The van der Waals surface area contributed by atoms with Crippen LogP contribution in [-0.2, 0) is 9.59 Å². The lowest BCUT2D eigenvalue weighted by Gasteiger charge is -2.24. The highest BCUT2D eigenvalue weighted by Gasteiger charge is 2.33. The van der Waals surface area contributed by atoms with E-state index in [1.165, 1.54) is 22.9 Å². The number of ether oxygens (including phenoxy) is 1. The van der Waals surface area contributed by atoms with E-state index in [1.54, 1.807) is 31.5 Å². The van der Waals surface area contributed by atoms with Crippen LogP contribution in [0.2, 0.25) is 0 Å². The van der Waals surface area contributed by atoms with E-state index in [4.69, 9.17) is 4.74 Å². The van der Waals surface area contributed by atoms with Gasteiger partial charge in [0.15, 0.2) is 0 Å². The van der Waals surface area contributed by atoms with E-state index in [0.29, 0.717) is 22.8 Å². The van der Waals surface area contributed by atoms with E-state index in [-0.39, 0.29) is 12.3 Å². The van der Waals surface area contributed by atoms with Crippen molar-refractivity contribution in [2.45, 2.75) is 12.5 Å². The zero-order valence-corrected chi connectivity index (χ0v) is 15.0. The van der Waals surface area contributed by atoms with Crippen LogP contribution >= 0.6 is 0 Å². The summed E-state index contributed by atoms with van der Waals surface area (Å²) < 4.78 is 20.0. The van der Waals surface area contributed by atoms with Crippen LogP contribution < -0.4 is 15.4 Å². The van der Waals surface area contributed by atoms with E-state index in [9.17, 15) is 14.0 Å². The van der Waals surface area contributed by atoms with Crippen LogP contribution in [0.1, 0.15) is 12.5 Å². The molecular formula is C20H17FN4O3. The quantitative estimate of drug-likeness (QED) is 0.728. The third-order valence-corrected chi connectivity index (χ3v) is 4.52. The van der Waals surface area contributed by atoms with Crippen molar-refractivity contribution in [1.82, 2.24) is 9.78 Å². The fourth-order valence-corrected chi connectivity index (χ4v) is 3.15. The first-order chi connectivity index (χ1) is 13.5. The summed E-state index contributed by atoms with van der Waals surface area (Å²) in [5.41, 5.74) is 1.84. The molecule has 2 aromatic carbocycles. The second kappa shape index (κ2) is 7.15. The molecular weight excluding hydrogens is 363 g/mol. The number of carbonyl (C=O) groups excluding carboxylic acids is 2. The van der Waals surface area contributed by atoms with Gasteiger partial charge in [0.25, 0.3) is 0 Å². The Morgan fingerprint density at radius 2 is 2.07 bits per heavy atom. The first-order valence-corrected chi connectivity index (χ1v) is 8.63. The van der Waals surface area contributed by atoms with Gasteiger partial charge in [-0.15, -0.1) is 0 Å². The van der Waals surface area contributed by atoms with Gasteiger partial charge in [-0.2, -0.15) is 5.10 Å². The standard InChI is InChI=1S/C20H17FN4O3/c1-28-15-7-5-12(6-8-15)16-11-22-25-17(10-18(26)24-19(16)25)20(27)23-14-4-2-3-13(21)9-14/h2-9,11,17H,10H2,1H3,(H,23,27)(H,24,26)/t17-/m0/s1. The van der Waals surface area contributed by atoms with Crippen LogP contribution in [0.5, 0.6) is 5.75 Å². The zero-order valence-electron chi connectivity index (χ0n) is 15.0. The maximum Gasteiger partial charge on any atom is 0.249 e. The molecule has 0 saturated heterocycles. The largest absolute Gasteiger partial charge is 0.497 e. The predicted molar refractivity (Wildman–Crippen MR) is 102 cm³/mol. The molecule has 1 aliphatic heterocycles. The molecule has 1 aliphatic rings. The Balaban J connectivity index is 1.65. The number of benzene rings is 2. The molecule has 7 nitrogen and oxygen atoms in total. The summed E-state index contributed by atoms with van der Waals surface area (Å²) in [6.07, 6.45) is 1.54. The molecule has 8 heteroatoms. The smallest absolute Gasteiger partial charge is 0.249 e. The summed E-state index contributed by atoms with van der Waals surface area (Å²) in [4.78, 5) is 24.9. The Hall–Kier alpha value is -3.68. The van der Waals surface area contributed by atoms with Gasteiger partial charge in [-0.25, -0.2) is 9.07 Å². The van der Waals surface area contributed by atoms with Gasteiger partial charge in [-0.3, -0.25) is 9.59 Å². The zero-order chi connectivity index (χ0) is 19.7. The average molecular weight is 380 g/mol. The molecule has 2 N–H and O–H groups in total.